The largest absolute Gasteiger partial charge is 0.597 e. The highest BCUT2D eigenvalue weighted by Crippen LogP contribution is 2.41. The molecule has 1 unspecified atom stereocenters. The van der Waals surface area contributed by atoms with Gasteiger partial charge in [-0.2, -0.15) is 0 Å². The third-order valence-corrected chi connectivity index (χ3v) is 5.79. The Hall–Kier alpha value is -1.66. The molecule has 3 aromatic rings. The summed E-state index contributed by atoms with van der Waals surface area (Å²) in [5, 5.41) is 2.99. The predicted molar refractivity (Wildman–Crippen MR) is 87.2 cm³/mol. The standard InChI is InChI=1S/C18H18O2P/c19-21-17-12-5-4-9-15(17)16-11-6-10-14(18(16)20-21)13-7-2-1-3-8-13/h4-6,9-13H,1-3,7-8H2/q+1. The maximum atomic E-state index is 12.4. The van der Waals surface area contributed by atoms with Crippen LogP contribution in [0, 0.1) is 0 Å². The summed E-state index contributed by atoms with van der Waals surface area (Å²) in [5.74, 6) is 0.558. The fourth-order valence-corrected chi connectivity index (χ4v) is 4.66. The highest BCUT2D eigenvalue weighted by atomic mass is 31.1. The van der Waals surface area contributed by atoms with E-state index in [0.29, 0.717) is 5.92 Å². The highest BCUT2D eigenvalue weighted by molar-refractivity contribution is 7.37. The zero-order chi connectivity index (χ0) is 14.2. The lowest BCUT2D eigenvalue weighted by atomic mass is 9.83. The number of fused-ring (bicyclic) bond motifs is 3. The minimum Gasteiger partial charge on any atom is -0.249 e. The third-order valence-electron chi connectivity index (χ3n) is 4.66. The van der Waals surface area contributed by atoms with Crippen LogP contribution in [0.25, 0.3) is 21.5 Å². The summed E-state index contributed by atoms with van der Waals surface area (Å²) in [4.78, 5) is 0. The first-order valence-corrected chi connectivity index (χ1v) is 8.90. The SMILES string of the molecule is O=[p+]1oc2c(C3CCCCC3)cccc2c2ccccc21. The van der Waals surface area contributed by atoms with Gasteiger partial charge in [-0.25, -0.2) is 4.20 Å². The summed E-state index contributed by atoms with van der Waals surface area (Å²) >= 11 is 0. The summed E-state index contributed by atoms with van der Waals surface area (Å²) in [5.41, 5.74) is 2.12. The Kier molecular flexibility index (Phi) is 3.27. The average molecular weight is 297 g/mol. The Bertz CT molecular complexity index is 860. The molecule has 0 bridgehead atoms. The van der Waals surface area contributed by atoms with Gasteiger partial charge in [0.05, 0.1) is 0 Å². The monoisotopic (exact) mass is 297 g/mol. The van der Waals surface area contributed by atoms with Gasteiger partial charge in [-0.1, -0.05) is 49.6 Å². The minimum absolute atomic E-state index is 0.558. The molecule has 1 saturated carbocycles. The molecule has 3 heteroatoms. The second kappa shape index (κ2) is 5.27. The molecule has 1 fully saturated rings. The van der Waals surface area contributed by atoms with Gasteiger partial charge in [0.2, 0.25) is 5.12 Å². The zero-order valence-electron chi connectivity index (χ0n) is 11.9. The summed E-state index contributed by atoms with van der Waals surface area (Å²) < 4.78 is 18.3. The molecule has 21 heavy (non-hydrogen) atoms. The minimum atomic E-state index is -1.78. The molecule has 0 aliphatic heterocycles. The summed E-state index contributed by atoms with van der Waals surface area (Å²) in [6.45, 7) is 0. The van der Waals surface area contributed by atoms with E-state index in [1.165, 1.54) is 37.7 Å². The van der Waals surface area contributed by atoms with E-state index in [-0.39, 0.29) is 0 Å². The quantitative estimate of drug-likeness (QED) is 0.488. The van der Waals surface area contributed by atoms with Crippen molar-refractivity contribution in [2.45, 2.75) is 38.0 Å². The van der Waals surface area contributed by atoms with Gasteiger partial charge in [0.1, 0.15) is 0 Å². The third kappa shape index (κ3) is 2.18. The first-order chi connectivity index (χ1) is 10.3. The Morgan fingerprint density at radius 2 is 1.67 bits per heavy atom. The number of hydrogen-bond acceptors (Lipinski definition) is 2. The lowest BCUT2D eigenvalue weighted by Crippen LogP contribution is -2.04. The molecule has 1 atom stereocenters. The van der Waals surface area contributed by atoms with E-state index in [1.807, 2.05) is 18.2 Å². The van der Waals surface area contributed by atoms with Crippen molar-refractivity contribution in [3.8, 4) is 0 Å². The van der Waals surface area contributed by atoms with Gasteiger partial charge in [-0.3, -0.25) is 0 Å². The van der Waals surface area contributed by atoms with Gasteiger partial charge in [-0.15, -0.1) is 0 Å². The molecule has 1 heterocycles. The van der Waals surface area contributed by atoms with E-state index in [4.69, 9.17) is 4.20 Å². The van der Waals surface area contributed by atoms with Crippen molar-refractivity contribution >= 4 is 29.1 Å². The predicted octanol–water partition coefficient (Wildman–Crippen LogP) is 6.38. The smallest absolute Gasteiger partial charge is 0.249 e. The van der Waals surface area contributed by atoms with Crippen LogP contribution in [-0.2, 0) is 4.57 Å². The van der Waals surface area contributed by atoms with Crippen LogP contribution in [0.4, 0.5) is 0 Å². The summed E-state index contributed by atoms with van der Waals surface area (Å²) in [7, 11) is -1.78. The first-order valence-electron chi connectivity index (χ1n) is 7.72. The molecule has 0 spiro atoms. The second-order valence-electron chi connectivity index (χ2n) is 5.92. The van der Waals surface area contributed by atoms with Gasteiger partial charge in [-0.05, 0) is 35.5 Å². The van der Waals surface area contributed by atoms with Crippen molar-refractivity contribution in [2.24, 2.45) is 0 Å². The molecule has 0 N–H and O–H groups in total. The Morgan fingerprint density at radius 3 is 2.52 bits per heavy atom. The Balaban J connectivity index is 2.03. The van der Waals surface area contributed by atoms with Crippen LogP contribution >= 0.6 is 7.65 Å². The van der Waals surface area contributed by atoms with Crippen molar-refractivity contribution in [3.63, 3.8) is 0 Å². The van der Waals surface area contributed by atoms with Crippen LogP contribution in [0.5, 0.6) is 0 Å². The maximum Gasteiger partial charge on any atom is 0.597 e. The first kappa shape index (κ1) is 13.0. The van der Waals surface area contributed by atoms with Gasteiger partial charge < -0.3 is 0 Å². The maximum absolute atomic E-state index is 12.4. The molecule has 1 aliphatic carbocycles. The van der Waals surface area contributed by atoms with Crippen molar-refractivity contribution < 1.29 is 8.76 Å². The molecular weight excluding hydrogens is 279 g/mol. The average Bonchev–Trinajstić information content (AvgIpc) is 2.56. The van der Waals surface area contributed by atoms with Crippen molar-refractivity contribution in [1.82, 2.24) is 0 Å². The number of rotatable bonds is 1. The lowest BCUT2D eigenvalue weighted by Gasteiger charge is -2.21. The lowest BCUT2D eigenvalue weighted by molar-refractivity contribution is 0.442. The van der Waals surface area contributed by atoms with E-state index in [1.54, 1.807) is 0 Å². The van der Waals surface area contributed by atoms with E-state index < -0.39 is 7.65 Å². The summed E-state index contributed by atoms with van der Waals surface area (Å²) in [6, 6.07) is 14.2. The van der Waals surface area contributed by atoms with E-state index in [9.17, 15) is 4.57 Å². The zero-order valence-corrected chi connectivity index (χ0v) is 12.8. The molecule has 0 amide bonds. The van der Waals surface area contributed by atoms with Crippen LogP contribution in [-0.4, -0.2) is 0 Å². The number of hydrogen-bond donors (Lipinski definition) is 0. The molecule has 2 aromatic carbocycles. The molecule has 0 saturated heterocycles. The molecular formula is C18H18O2P+. The molecule has 106 valence electrons. The van der Waals surface area contributed by atoms with Crippen molar-refractivity contribution in [1.29, 1.82) is 0 Å². The fraction of sp³-hybridized carbons (Fsp3) is 0.333. The van der Waals surface area contributed by atoms with Crippen LogP contribution in [0.3, 0.4) is 0 Å². The van der Waals surface area contributed by atoms with E-state index in [2.05, 4.69) is 24.3 Å². The van der Waals surface area contributed by atoms with Crippen molar-refractivity contribution in [3.05, 3.63) is 48.0 Å². The van der Waals surface area contributed by atoms with Crippen LogP contribution < -0.4 is 0 Å². The van der Waals surface area contributed by atoms with Crippen molar-refractivity contribution in [2.75, 3.05) is 0 Å². The Labute approximate surface area is 124 Å². The van der Waals surface area contributed by atoms with E-state index >= 15 is 0 Å². The van der Waals surface area contributed by atoms with Gasteiger partial charge >= 0.3 is 7.65 Å². The Morgan fingerprint density at radius 1 is 0.905 bits per heavy atom. The molecule has 4 rings (SSSR count). The highest BCUT2D eigenvalue weighted by Gasteiger charge is 2.23. The van der Waals surface area contributed by atoms with Gasteiger partial charge in [0, 0.05) is 16.3 Å². The van der Waals surface area contributed by atoms with Gasteiger partial charge in [0.15, 0.2) is 5.58 Å². The molecule has 2 nitrogen and oxygen atoms in total. The van der Waals surface area contributed by atoms with E-state index in [0.717, 1.165) is 21.5 Å². The van der Waals surface area contributed by atoms with Crippen LogP contribution in [0.15, 0.2) is 46.7 Å². The van der Waals surface area contributed by atoms with Crippen LogP contribution in [0.1, 0.15) is 43.6 Å². The number of para-hydroxylation sites is 1. The fourth-order valence-electron chi connectivity index (χ4n) is 3.60. The normalized spacial score (nSPS) is 17.4. The molecule has 1 aromatic heterocycles. The second-order valence-corrected chi connectivity index (χ2v) is 7.10. The van der Waals surface area contributed by atoms with Crippen LogP contribution in [0.2, 0.25) is 0 Å². The topological polar surface area (TPSA) is 30.2 Å². The molecule has 1 aliphatic rings. The summed E-state index contributed by atoms with van der Waals surface area (Å²) in [6.07, 6.45) is 6.36. The number of benzene rings is 2. The molecule has 0 radical (unpaired) electrons. The van der Waals surface area contributed by atoms with Gasteiger partial charge in [0.25, 0.3) is 0 Å².